The molecule has 0 unspecified atom stereocenters. The molecule has 0 saturated heterocycles. The van der Waals surface area contributed by atoms with Crippen LogP contribution in [0.2, 0.25) is 0 Å². The van der Waals surface area contributed by atoms with Crippen LogP contribution >= 0.6 is 11.8 Å². The van der Waals surface area contributed by atoms with E-state index < -0.39 is 11.7 Å². The van der Waals surface area contributed by atoms with Crippen molar-refractivity contribution < 1.29 is 9.53 Å². The van der Waals surface area contributed by atoms with Crippen LogP contribution in [-0.2, 0) is 11.3 Å². The van der Waals surface area contributed by atoms with Gasteiger partial charge in [-0.15, -0.1) is 0 Å². The first kappa shape index (κ1) is 17.9. The number of nitrogens with zero attached hydrogens (tertiary/aromatic N) is 2. The molecule has 0 aliphatic carbocycles. The van der Waals surface area contributed by atoms with Gasteiger partial charge < -0.3 is 14.6 Å². The smallest absolute Gasteiger partial charge is 0.408 e. The van der Waals surface area contributed by atoms with Crippen LogP contribution in [0.3, 0.4) is 0 Å². The average molecular weight is 313 g/mol. The van der Waals surface area contributed by atoms with E-state index >= 15 is 0 Å². The largest absolute Gasteiger partial charge is 0.444 e. The SMILES string of the molecule is CSC(C)(C)Cn1cncc1[C@H](C)NC(=O)OC(C)(C)C. The highest BCUT2D eigenvalue weighted by molar-refractivity contribution is 7.99. The molecule has 1 aromatic heterocycles. The second kappa shape index (κ2) is 6.73. The van der Waals surface area contributed by atoms with Crippen molar-refractivity contribution in [1.82, 2.24) is 14.9 Å². The highest BCUT2D eigenvalue weighted by Gasteiger charge is 2.22. The summed E-state index contributed by atoms with van der Waals surface area (Å²) in [5, 5.41) is 2.85. The number of aromatic nitrogens is 2. The number of ether oxygens (including phenoxy) is 1. The highest BCUT2D eigenvalue weighted by Crippen LogP contribution is 2.25. The molecule has 0 bridgehead atoms. The van der Waals surface area contributed by atoms with Crippen molar-refractivity contribution in [2.45, 2.75) is 64.5 Å². The molecule has 1 rings (SSSR count). The Labute approximate surface area is 131 Å². The number of hydrogen-bond donors (Lipinski definition) is 1. The van der Waals surface area contributed by atoms with Gasteiger partial charge in [-0.3, -0.25) is 0 Å². The van der Waals surface area contributed by atoms with E-state index in [9.17, 15) is 4.79 Å². The second-order valence-corrected chi connectivity index (χ2v) is 8.29. The summed E-state index contributed by atoms with van der Waals surface area (Å²) in [6.45, 7) is 12.7. The third-order valence-corrected chi connectivity index (χ3v) is 4.26. The zero-order valence-corrected chi connectivity index (χ0v) is 14.9. The lowest BCUT2D eigenvalue weighted by Gasteiger charge is -2.26. The van der Waals surface area contributed by atoms with E-state index in [0.717, 1.165) is 12.2 Å². The zero-order chi connectivity index (χ0) is 16.3. The Morgan fingerprint density at radius 1 is 1.43 bits per heavy atom. The molecule has 1 heterocycles. The maximum atomic E-state index is 11.8. The fraction of sp³-hybridized carbons (Fsp3) is 0.733. The number of imidazole rings is 1. The summed E-state index contributed by atoms with van der Waals surface area (Å²) in [4.78, 5) is 16.1. The molecule has 0 aliphatic rings. The molecule has 0 saturated carbocycles. The molecule has 1 atom stereocenters. The highest BCUT2D eigenvalue weighted by atomic mass is 32.2. The summed E-state index contributed by atoms with van der Waals surface area (Å²) >= 11 is 1.81. The number of carbonyl (C=O) groups is 1. The van der Waals surface area contributed by atoms with Crippen LogP contribution in [-0.4, -0.2) is 32.2 Å². The lowest BCUT2D eigenvalue weighted by Crippen LogP contribution is -2.35. The van der Waals surface area contributed by atoms with E-state index in [-0.39, 0.29) is 10.8 Å². The molecule has 21 heavy (non-hydrogen) atoms. The Morgan fingerprint density at radius 3 is 2.57 bits per heavy atom. The summed E-state index contributed by atoms with van der Waals surface area (Å²) in [6, 6.07) is -0.153. The van der Waals surface area contributed by atoms with Crippen molar-refractivity contribution in [3.63, 3.8) is 0 Å². The predicted octanol–water partition coefficient (Wildman–Crippen LogP) is 3.61. The summed E-state index contributed by atoms with van der Waals surface area (Å²) in [5.41, 5.74) is 0.480. The number of thioether (sulfide) groups is 1. The van der Waals surface area contributed by atoms with Crippen molar-refractivity contribution in [1.29, 1.82) is 0 Å². The maximum absolute atomic E-state index is 11.8. The van der Waals surface area contributed by atoms with E-state index in [0.29, 0.717) is 0 Å². The van der Waals surface area contributed by atoms with Gasteiger partial charge in [0.15, 0.2) is 0 Å². The third-order valence-electron chi connectivity index (χ3n) is 3.03. The second-order valence-electron chi connectivity index (χ2n) is 6.78. The van der Waals surface area contributed by atoms with Gasteiger partial charge in [-0.05, 0) is 47.8 Å². The summed E-state index contributed by atoms with van der Waals surface area (Å²) in [6.07, 6.45) is 5.28. The van der Waals surface area contributed by atoms with Gasteiger partial charge in [-0.2, -0.15) is 11.8 Å². The molecule has 1 N–H and O–H groups in total. The lowest BCUT2D eigenvalue weighted by molar-refractivity contribution is 0.0506. The van der Waals surface area contributed by atoms with Gasteiger partial charge >= 0.3 is 6.09 Å². The number of amides is 1. The average Bonchev–Trinajstić information content (AvgIpc) is 2.73. The molecule has 1 amide bonds. The Balaban J connectivity index is 2.74. The van der Waals surface area contributed by atoms with Gasteiger partial charge in [0.1, 0.15) is 5.60 Å². The minimum absolute atomic E-state index is 0.112. The number of nitrogens with one attached hydrogen (secondary N) is 1. The van der Waals surface area contributed by atoms with Gasteiger partial charge in [0, 0.05) is 11.3 Å². The van der Waals surface area contributed by atoms with Gasteiger partial charge in [0.05, 0.1) is 24.3 Å². The molecule has 0 spiro atoms. The van der Waals surface area contributed by atoms with Gasteiger partial charge in [0.2, 0.25) is 0 Å². The van der Waals surface area contributed by atoms with Crippen LogP contribution in [0.25, 0.3) is 0 Å². The van der Waals surface area contributed by atoms with Crippen LogP contribution in [0.15, 0.2) is 12.5 Å². The van der Waals surface area contributed by atoms with Crippen molar-refractivity contribution in [3.05, 3.63) is 18.2 Å². The minimum atomic E-state index is -0.495. The molecule has 5 nitrogen and oxygen atoms in total. The van der Waals surface area contributed by atoms with E-state index in [1.54, 1.807) is 24.3 Å². The number of carbonyl (C=O) groups excluding carboxylic acids is 1. The number of hydrogen-bond acceptors (Lipinski definition) is 4. The van der Waals surface area contributed by atoms with Crippen LogP contribution in [0, 0.1) is 0 Å². The van der Waals surface area contributed by atoms with Crippen LogP contribution in [0.5, 0.6) is 0 Å². The van der Waals surface area contributed by atoms with E-state index in [1.807, 2.05) is 27.7 Å². The predicted molar refractivity (Wildman–Crippen MR) is 87.6 cm³/mol. The molecule has 0 aromatic carbocycles. The molecule has 0 fully saturated rings. The lowest BCUT2D eigenvalue weighted by atomic mass is 10.2. The van der Waals surface area contributed by atoms with Gasteiger partial charge in [-0.1, -0.05) is 0 Å². The Kier molecular flexibility index (Phi) is 5.73. The van der Waals surface area contributed by atoms with E-state index in [4.69, 9.17) is 4.74 Å². The van der Waals surface area contributed by atoms with Crippen molar-refractivity contribution >= 4 is 17.9 Å². The maximum Gasteiger partial charge on any atom is 0.408 e. The molecule has 1 aromatic rings. The quantitative estimate of drug-likeness (QED) is 0.902. The monoisotopic (exact) mass is 313 g/mol. The molecular formula is C15H27N3O2S. The molecule has 0 radical (unpaired) electrons. The molecule has 0 aliphatic heterocycles. The van der Waals surface area contributed by atoms with Crippen LogP contribution in [0.4, 0.5) is 4.79 Å². The zero-order valence-electron chi connectivity index (χ0n) is 14.1. The summed E-state index contributed by atoms with van der Waals surface area (Å²) in [5.74, 6) is 0. The van der Waals surface area contributed by atoms with E-state index in [1.165, 1.54) is 0 Å². The number of alkyl carbamates (subject to hydrolysis) is 1. The fourth-order valence-electron chi connectivity index (χ4n) is 1.86. The van der Waals surface area contributed by atoms with Crippen molar-refractivity contribution in [3.8, 4) is 0 Å². The Morgan fingerprint density at radius 2 is 2.05 bits per heavy atom. The van der Waals surface area contributed by atoms with Crippen molar-refractivity contribution in [2.24, 2.45) is 0 Å². The number of rotatable bonds is 5. The summed E-state index contributed by atoms with van der Waals surface area (Å²) < 4.78 is 7.48. The standard InChI is InChI=1S/C15H27N3O2S/c1-11(17-13(19)20-14(2,3)4)12-8-16-10-18(12)9-15(5,6)21-7/h8,10-11H,9H2,1-7H3,(H,17,19)/t11-/m0/s1. The topological polar surface area (TPSA) is 56.2 Å². The molecular weight excluding hydrogens is 286 g/mol. The van der Waals surface area contributed by atoms with Gasteiger partial charge in [0.25, 0.3) is 0 Å². The molecule has 120 valence electrons. The first-order chi connectivity index (χ1) is 9.54. The molecule has 6 heteroatoms. The third kappa shape index (κ3) is 5.99. The van der Waals surface area contributed by atoms with Crippen molar-refractivity contribution in [2.75, 3.05) is 6.26 Å². The first-order valence-corrected chi connectivity index (χ1v) is 8.31. The Hall–Kier alpha value is -1.17. The van der Waals surface area contributed by atoms with Gasteiger partial charge in [-0.25, -0.2) is 9.78 Å². The fourth-order valence-corrected chi connectivity index (χ4v) is 2.12. The normalized spacial score (nSPS) is 13.9. The van der Waals surface area contributed by atoms with E-state index in [2.05, 4.69) is 35.0 Å². The van der Waals surface area contributed by atoms with Crippen LogP contribution < -0.4 is 5.32 Å². The minimum Gasteiger partial charge on any atom is -0.444 e. The first-order valence-electron chi connectivity index (χ1n) is 7.09. The summed E-state index contributed by atoms with van der Waals surface area (Å²) in [7, 11) is 0. The van der Waals surface area contributed by atoms with Crippen LogP contribution in [0.1, 0.15) is 53.3 Å². The Bertz CT molecular complexity index is 478.